The molecule has 0 aliphatic heterocycles. The molecule has 0 unspecified atom stereocenters. The predicted molar refractivity (Wildman–Crippen MR) is 102 cm³/mol. The predicted octanol–water partition coefficient (Wildman–Crippen LogP) is 4.91. The SMILES string of the molecule is Cc1cccc(C(C)C)c1NC(=O)c1cc(-c2ccc(F)cc2)n(C)n1. The van der Waals surface area contributed by atoms with Crippen molar-refractivity contribution in [2.75, 3.05) is 5.32 Å². The summed E-state index contributed by atoms with van der Waals surface area (Å²) in [6, 6.07) is 13.8. The number of benzene rings is 2. The van der Waals surface area contributed by atoms with Crippen molar-refractivity contribution in [1.29, 1.82) is 0 Å². The van der Waals surface area contributed by atoms with E-state index in [1.54, 1.807) is 29.9 Å². The van der Waals surface area contributed by atoms with Gasteiger partial charge in [0.25, 0.3) is 5.91 Å². The van der Waals surface area contributed by atoms with E-state index < -0.39 is 0 Å². The summed E-state index contributed by atoms with van der Waals surface area (Å²) in [4.78, 5) is 12.7. The van der Waals surface area contributed by atoms with Crippen LogP contribution in [0.25, 0.3) is 11.3 Å². The van der Waals surface area contributed by atoms with Crippen molar-refractivity contribution in [3.63, 3.8) is 0 Å². The fourth-order valence-corrected chi connectivity index (χ4v) is 2.99. The number of nitrogens with one attached hydrogen (secondary N) is 1. The topological polar surface area (TPSA) is 46.9 Å². The van der Waals surface area contributed by atoms with Crippen LogP contribution in [0.15, 0.2) is 48.5 Å². The van der Waals surface area contributed by atoms with Gasteiger partial charge in [-0.05, 0) is 59.9 Å². The number of hydrogen-bond acceptors (Lipinski definition) is 2. The summed E-state index contributed by atoms with van der Waals surface area (Å²) >= 11 is 0. The lowest BCUT2D eigenvalue weighted by atomic mass is 9.98. The maximum Gasteiger partial charge on any atom is 0.276 e. The summed E-state index contributed by atoms with van der Waals surface area (Å²) in [5, 5.41) is 7.32. The number of hydrogen-bond donors (Lipinski definition) is 1. The Hall–Kier alpha value is -2.95. The van der Waals surface area contributed by atoms with Gasteiger partial charge in [-0.3, -0.25) is 9.48 Å². The van der Waals surface area contributed by atoms with Crippen molar-refractivity contribution in [2.45, 2.75) is 26.7 Å². The fraction of sp³-hybridized carbons (Fsp3) is 0.238. The van der Waals surface area contributed by atoms with Crippen molar-refractivity contribution in [1.82, 2.24) is 9.78 Å². The van der Waals surface area contributed by atoms with E-state index in [0.717, 1.165) is 28.1 Å². The lowest BCUT2D eigenvalue weighted by Crippen LogP contribution is -2.15. The third-order valence-corrected chi connectivity index (χ3v) is 4.42. The van der Waals surface area contributed by atoms with E-state index in [-0.39, 0.29) is 11.7 Å². The molecule has 0 fully saturated rings. The summed E-state index contributed by atoms with van der Waals surface area (Å²) in [7, 11) is 1.77. The molecule has 0 atom stereocenters. The van der Waals surface area contributed by atoms with Crippen molar-refractivity contribution in [3.05, 3.63) is 71.2 Å². The van der Waals surface area contributed by atoms with Gasteiger partial charge in [0.15, 0.2) is 5.69 Å². The van der Waals surface area contributed by atoms with E-state index in [2.05, 4.69) is 24.3 Å². The van der Waals surface area contributed by atoms with Crippen LogP contribution in [0, 0.1) is 12.7 Å². The molecule has 0 saturated carbocycles. The third kappa shape index (κ3) is 3.52. The first kappa shape index (κ1) is 17.9. The van der Waals surface area contributed by atoms with Crippen molar-refractivity contribution >= 4 is 11.6 Å². The molecule has 0 spiro atoms. The van der Waals surface area contributed by atoms with Crippen LogP contribution in [-0.4, -0.2) is 15.7 Å². The van der Waals surface area contributed by atoms with Crippen LogP contribution in [-0.2, 0) is 7.05 Å². The maximum absolute atomic E-state index is 13.1. The summed E-state index contributed by atoms with van der Waals surface area (Å²) in [6.45, 7) is 6.17. The van der Waals surface area contributed by atoms with Gasteiger partial charge in [-0.15, -0.1) is 0 Å². The standard InChI is InChI=1S/C21H22FN3O/c1-13(2)17-7-5-6-14(3)20(17)23-21(26)18-12-19(25(4)24-18)15-8-10-16(22)11-9-15/h5-13H,1-4H3,(H,23,26). The Morgan fingerprint density at radius 3 is 2.50 bits per heavy atom. The first-order valence-corrected chi connectivity index (χ1v) is 8.57. The van der Waals surface area contributed by atoms with E-state index in [9.17, 15) is 9.18 Å². The third-order valence-electron chi connectivity index (χ3n) is 4.42. The fourth-order valence-electron chi connectivity index (χ4n) is 2.99. The van der Waals surface area contributed by atoms with E-state index >= 15 is 0 Å². The van der Waals surface area contributed by atoms with Gasteiger partial charge in [0.2, 0.25) is 0 Å². The zero-order valence-corrected chi connectivity index (χ0v) is 15.4. The van der Waals surface area contributed by atoms with Crippen molar-refractivity contribution < 1.29 is 9.18 Å². The van der Waals surface area contributed by atoms with Crippen LogP contribution in [0.3, 0.4) is 0 Å². The zero-order chi connectivity index (χ0) is 18.8. The molecule has 1 amide bonds. The minimum atomic E-state index is -0.297. The Labute approximate surface area is 152 Å². The quantitative estimate of drug-likeness (QED) is 0.726. The minimum Gasteiger partial charge on any atom is -0.320 e. The maximum atomic E-state index is 13.1. The van der Waals surface area contributed by atoms with Gasteiger partial charge in [0.1, 0.15) is 5.82 Å². The number of aromatic nitrogens is 2. The number of carbonyl (C=O) groups excluding carboxylic acids is 1. The number of halogens is 1. The Balaban J connectivity index is 1.91. The second-order valence-electron chi connectivity index (χ2n) is 6.69. The second kappa shape index (κ2) is 7.12. The highest BCUT2D eigenvalue weighted by atomic mass is 19.1. The van der Waals surface area contributed by atoms with Gasteiger partial charge in [-0.1, -0.05) is 32.0 Å². The monoisotopic (exact) mass is 351 g/mol. The molecule has 0 bridgehead atoms. The van der Waals surface area contributed by atoms with Crippen LogP contribution in [0.5, 0.6) is 0 Å². The Kier molecular flexibility index (Phi) is 4.89. The summed E-state index contributed by atoms with van der Waals surface area (Å²) in [6.07, 6.45) is 0. The number of nitrogens with zero attached hydrogens (tertiary/aromatic N) is 2. The smallest absolute Gasteiger partial charge is 0.276 e. The van der Waals surface area contributed by atoms with Crippen LogP contribution >= 0.6 is 0 Å². The molecule has 0 radical (unpaired) electrons. The molecule has 0 aliphatic rings. The van der Waals surface area contributed by atoms with Crippen LogP contribution in [0.2, 0.25) is 0 Å². The van der Waals surface area contributed by atoms with Gasteiger partial charge >= 0.3 is 0 Å². The average molecular weight is 351 g/mol. The lowest BCUT2D eigenvalue weighted by Gasteiger charge is -2.15. The number of amides is 1. The van der Waals surface area contributed by atoms with Crippen LogP contribution in [0.1, 0.15) is 41.4 Å². The summed E-state index contributed by atoms with van der Waals surface area (Å²) in [5.41, 5.74) is 4.82. The first-order chi connectivity index (χ1) is 12.4. The number of rotatable bonds is 4. The van der Waals surface area contributed by atoms with E-state index in [4.69, 9.17) is 0 Å². The highest BCUT2D eigenvalue weighted by Gasteiger charge is 2.17. The average Bonchev–Trinajstić information content (AvgIpc) is 2.99. The lowest BCUT2D eigenvalue weighted by molar-refractivity contribution is 0.102. The number of aryl methyl sites for hydroxylation is 2. The molecule has 2 aromatic carbocycles. The number of carbonyl (C=O) groups is 1. The molecule has 0 saturated heterocycles. The highest BCUT2D eigenvalue weighted by molar-refractivity contribution is 6.04. The van der Waals surface area contributed by atoms with E-state index in [1.165, 1.54) is 12.1 Å². The van der Waals surface area contributed by atoms with Gasteiger partial charge in [0.05, 0.1) is 5.69 Å². The van der Waals surface area contributed by atoms with Gasteiger partial charge < -0.3 is 5.32 Å². The second-order valence-corrected chi connectivity index (χ2v) is 6.69. The molecular formula is C21H22FN3O. The van der Waals surface area contributed by atoms with Gasteiger partial charge in [-0.2, -0.15) is 5.10 Å². The minimum absolute atomic E-state index is 0.259. The highest BCUT2D eigenvalue weighted by Crippen LogP contribution is 2.28. The molecule has 5 heteroatoms. The van der Waals surface area contributed by atoms with Crippen molar-refractivity contribution in [2.24, 2.45) is 7.05 Å². The molecule has 3 aromatic rings. The molecule has 1 heterocycles. The molecule has 4 nitrogen and oxygen atoms in total. The molecule has 1 N–H and O–H groups in total. The molecular weight excluding hydrogens is 329 g/mol. The number of para-hydroxylation sites is 1. The molecule has 3 rings (SSSR count). The molecule has 0 aliphatic carbocycles. The van der Waals surface area contributed by atoms with Crippen LogP contribution < -0.4 is 5.32 Å². The molecule has 26 heavy (non-hydrogen) atoms. The molecule has 134 valence electrons. The Bertz CT molecular complexity index is 942. The largest absolute Gasteiger partial charge is 0.320 e. The normalized spacial score (nSPS) is 11.0. The summed E-state index contributed by atoms with van der Waals surface area (Å²) in [5.74, 6) is -0.261. The Morgan fingerprint density at radius 1 is 1.15 bits per heavy atom. The van der Waals surface area contributed by atoms with E-state index in [0.29, 0.717) is 11.6 Å². The van der Waals surface area contributed by atoms with Gasteiger partial charge in [-0.25, -0.2) is 4.39 Å². The summed E-state index contributed by atoms with van der Waals surface area (Å²) < 4.78 is 14.8. The number of anilines is 1. The molecule has 1 aromatic heterocycles. The Morgan fingerprint density at radius 2 is 1.85 bits per heavy atom. The first-order valence-electron chi connectivity index (χ1n) is 8.57. The van der Waals surface area contributed by atoms with Gasteiger partial charge in [0, 0.05) is 12.7 Å². The van der Waals surface area contributed by atoms with Crippen LogP contribution in [0.4, 0.5) is 10.1 Å². The van der Waals surface area contributed by atoms with Crippen molar-refractivity contribution in [3.8, 4) is 11.3 Å². The van der Waals surface area contributed by atoms with E-state index in [1.807, 2.05) is 25.1 Å². The zero-order valence-electron chi connectivity index (χ0n) is 15.4.